The van der Waals surface area contributed by atoms with Crippen LogP contribution in [0.4, 0.5) is 0 Å². The van der Waals surface area contributed by atoms with E-state index >= 15 is 0 Å². The molecule has 3 heteroatoms. The van der Waals surface area contributed by atoms with Gasteiger partial charge in [0, 0.05) is 17.8 Å². The standard InChI is InChI=1S/C14H18N2O/c1-10-7-8-13(9-15-10)11(2)16-14(17)12-5-3-4-6-12/h3-4,7-9,11-12H,5-6H2,1-2H3,(H,16,17). The molecule has 0 aromatic carbocycles. The van der Waals surface area contributed by atoms with Crippen LogP contribution in [0.25, 0.3) is 0 Å². The van der Waals surface area contributed by atoms with Crippen molar-refractivity contribution in [3.05, 3.63) is 41.7 Å². The summed E-state index contributed by atoms with van der Waals surface area (Å²) in [5, 5.41) is 3.04. The third-order valence-electron chi connectivity index (χ3n) is 3.17. The Morgan fingerprint density at radius 3 is 2.71 bits per heavy atom. The van der Waals surface area contributed by atoms with Crippen molar-refractivity contribution >= 4 is 5.91 Å². The highest BCUT2D eigenvalue weighted by molar-refractivity contribution is 5.79. The van der Waals surface area contributed by atoms with Gasteiger partial charge in [-0.2, -0.15) is 0 Å². The Morgan fingerprint density at radius 2 is 2.12 bits per heavy atom. The first-order chi connectivity index (χ1) is 8.16. The van der Waals surface area contributed by atoms with Crippen molar-refractivity contribution in [2.24, 2.45) is 5.92 Å². The minimum absolute atomic E-state index is 0.0243. The van der Waals surface area contributed by atoms with E-state index in [0.29, 0.717) is 0 Å². The fourth-order valence-corrected chi connectivity index (χ4v) is 1.98. The second-order valence-electron chi connectivity index (χ2n) is 4.60. The van der Waals surface area contributed by atoms with Crippen LogP contribution in [0, 0.1) is 12.8 Å². The fourth-order valence-electron chi connectivity index (χ4n) is 1.98. The first-order valence-electron chi connectivity index (χ1n) is 6.04. The maximum Gasteiger partial charge on any atom is 0.224 e. The first kappa shape index (κ1) is 11.8. The van der Waals surface area contributed by atoms with E-state index in [1.54, 1.807) is 0 Å². The Morgan fingerprint density at radius 1 is 1.41 bits per heavy atom. The van der Waals surface area contributed by atoms with Crippen LogP contribution >= 0.6 is 0 Å². The molecule has 1 unspecified atom stereocenters. The molecule has 0 aliphatic heterocycles. The zero-order valence-electron chi connectivity index (χ0n) is 10.3. The number of nitrogens with zero attached hydrogens (tertiary/aromatic N) is 1. The highest BCUT2D eigenvalue weighted by Gasteiger charge is 2.20. The maximum absolute atomic E-state index is 11.9. The zero-order chi connectivity index (χ0) is 12.3. The van der Waals surface area contributed by atoms with E-state index in [-0.39, 0.29) is 17.9 Å². The SMILES string of the molecule is Cc1ccc(C(C)NC(=O)C2CC=CC2)cn1. The van der Waals surface area contributed by atoms with E-state index in [9.17, 15) is 4.79 Å². The Balaban J connectivity index is 1.94. The lowest BCUT2D eigenvalue weighted by atomic mass is 10.0. The fraction of sp³-hybridized carbons (Fsp3) is 0.429. The first-order valence-corrected chi connectivity index (χ1v) is 6.04. The molecule has 2 rings (SSSR count). The third-order valence-corrected chi connectivity index (χ3v) is 3.17. The second kappa shape index (κ2) is 5.13. The molecule has 0 fully saturated rings. The molecule has 1 heterocycles. The number of pyridine rings is 1. The summed E-state index contributed by atoms with van der Waals surface area (Å²) in [4.78, 5) is 16.2. The Labute approximate surface area is 102 Å². The van der Waals surface area contributed by atoms with Crippen LogP contribution in [0.15, 0.2) is 30.5 Å². The minimum atomic E-state index is 0.0243. The van der Waals surface area contributed by atoms with Gasteiger partial charge in [-0.25, -0.2) is 0 Å². The van der Waals surface area contributed by atoms with E-state index in [4.69, 9.17) is 0 Å². The van der Waals surface area contributed by atoms with Gasteiger partial charge in [0.1, 0.15) is 0 Å². The van der Waals surface area contributed by atoms with E-state index in [1.807, 2.05) is 32.2 Å². The molecule has 0 radical (unpaired) electrons. The summed E-state index contributed by atoms with van der Waals surface area (Å²) in [7, 11) is 0. The zero-order valence-corrected chi connectivity index (χ0v) is 10.3. The normalized spacial score (nSPS) is 17.1. The van der Waals surface area contributed by atoms with Crippen molar-refractivity contribution in [1.82, 2.24) is 10.3 Å². The Hall–Kier alpha value is -1.64. The molecule has 3 nitrogen and oxygen atoms in total. The van der Waals surface area contributed by atoms with Gasteiger partial charge < -0.3 is 5.32 Å². The number of nitrogens with one attached hydrogen (secondary N) is 1. The van der Waals surface area contributed by atoms with Crippen LogP contribution in [0.2, 0.25) is 0 Å². The van der Waals surface area contributed by atoms with Crippen molar-refractivity contribution in [3.8, 4) is 0 Å². The molecule has 1 atom stereocenters. The number of aryl methyl sites for hydroxylation is 1. The molecular formula is C14H18N2O. The molecule has 1 amide bonds. The number of aromatic nitrogens is 1. The monoisotopic (exact) mass is 230 g/mol. The second-order valence-corrected chi connectivity index (χ2v) is 4.60. The molecule has 1 aliphatic rings. The van der Waals surface area contributed by atoms with Crippen LogP contribution in [0.3, 0.4) is 0 Å². The van der Waals surface area contributed by atoms with Gasteiger partial charge in [-0.3, -0.25) is 9.78 Å². The van der Waals surface area contributed by atoms with Crippen molar-refractivity contribution in [2.75, 3.05) is 0 Å². The summed E-state index contributed by atoms with van der Waals surface area (Å²) in [5.74, 6) is 0.263. The Bertz CT molecular complexity index is 414. The van der Waals surface area contributed by atoms with E-state index < -0.39 is 0 Å². The number of hydrogen-bond acceptors (Lipinski definition) is 2. The van der Waals surface area contributed by atoms with Crippen molar-refractivity contribution in [2.45, 2.75) is 32.7 Å². The lowest BCUT2D eigenvalue weighted by Gasteiger charge is -2.17. The summed E-state index contributed by atoms with van der Waals surface area (Å²) in [5.41, 5.74) is 2.04. The van der Waals surface area contributed by atoms with Crippen LogP contribution in [-0.2, 0) is 4.79 Å². The molecule has 90 valence electrons. The molecule has 1 aromatic rings. The van der Waals surface area contributed by atoms with E-state index in [0.717, 1.165) is 24.1 Å². The quantitative estimate of drug-likeness (QED) is 0.811. The molecule has 0 bridgehead atoms. The molecule has 17 heavy (non-hydrogen) atoms. The van der Waals surface area contributed by atoms with Gasteiger partial charge in [-0.05, 0) is 38.3 Å². The van der Waals surface area contributed by atoms with Gasteiger partial charge in [0.15, 0.2) is 0 Å². The summed E-state index contributed by atoms with van der Waals surface area (Å²) >= 11 is 0. The summed E-state index contributed by atoms with van der Waals surface area (Å²) in [6, 6.07) is 4.01. The van der Waals surface area contributed by atoms with Gasteiger partial charge in [-0.15, -0.1) is 0 Å². The maximum atomic E-state index is 11.9. The van der Waals surface area contributed by atoms with Gasteiger partial charge in [-0.1, -0.05) is 18.2 Å². The van der Waals surface area contributed by atoms with Crippen molar-refractivity contribution < 1.29 is 4.79 Å². The Kier molecular flexibility index (Phi) is 3.57. The molecule has 1 aliphatic carbocycles. The average molecular weight is 230 g/mol. The lowest BCUT2D eigenvalue weighted by Crippen LogP contribution is -2.31. The van der Waals surface area contributed by atoms with Crippen molar-refractivity contribution in [3.63, 3.8) is 0 Å². The number of hydrogen-bond donors (Lipinski definition) is 1. The lowest BCUT2D eigenvalue weighted by molar-refractivity contribution is -0.125. The summed E-state index contributed by atoms with van der Waals surface area (Å²) in [6.45, 7) is 3.95. The number of carbonyl (C=O) groups is 1. The van der Waals surface area contributed by atoms with E-state index in [2.05, 4.69) is 22.5 Å². The van der Waals surface area contributed by atoms with Crippen LogP contribution in [0.1, 0.15) is 37.1 Å². The molecule has 0 spiro atoms. The van der Waals surface area contributed by atoms with Gasteiger partial charge in [0.05, 0.1) is 6.04 Å². The number of carbonyl (C=O) groups excluding carboxylic acids is 1. The predicted molar refractivity (Wildman–Crippen MR) is 67.4 cm³/mol. The third kappa shape index (κ3) is 2.93. The topological polar surface area (TPSA) is 42.0 Å². The van der Waals surface area contributed by atoms with Crippen LogP contribution < -0.4 is 5.32 Å². The molecular weight excluding hydrogens is 212 g/mol. The predicted octanol–water partition coefficient (Wildman–Crippen LogP) is 2.53. The molecule has 0 saturated carbocycles. The minimum Gasteiger partial charge on any atom is -0.349 e. The average Bonchev–Trinajstić information content (AvgIpc) is 2.83. The smallest absolute Gasteiger partial charge is 0.224 e. The summed E-state index contributed by atoms with van der Waals surface area (Å²) in [6.07, 6.45) is 7.70. The summed E-state index contributed by atoms with van der Waals surface area (Å²) < 4.78 is 0. The number of rotatable bonds is 3. The van der Waals surface area contributed by atoms with Gasteiger partial charge in [0.2, 0.25) is 5.91 Å². The van der Waals surface area contributed by atoms with Crippen molar-refractivity contribution in [1.29, 1.82) is 0 Å². The molecule has 0 saturated heterocycles. The number of allylic oxidation sites excluding steroid dienone is 2. The van der Waals surface area contributed by atoms with Crippen LogP contribution in [-0.4, -0.2) is 10.9 Å². The molecule has 1 aromatic heterocycles. The largest absolute Gasteiger partial charge is 0.349 e. The highest BCUT2D eigenvalue weighted by atomic mass is 16.1. The molecule has 1 N–H and O–H groups in total. The number of amides is 1. The van der Waals surface area contributed by atoms with Crippen LogP contribution in [0.5, 0.6) is 0 Å². The highest BCUT2D eigenvalue weighted by Crippen LogP contribution is 2.19. The van der Waals surface area contributed by atoms with E-state index in [1.165, 1.54) is 0 Å². The van der Waals surface area contributed by atoms with Gasteiger partial charge >= 0.3 is 0 Å². The van der Waals surface area contributed by atoms with Gasteiger partial charge in [0.25, 0.3) is 0 Å².